The molecule has 0 radical (unpaired) electrons. The molecule has 2 rings (SSSR count). The summed E-state index contributed by atoms with van der Waals surface area (Å²) in [6.07, 6.45) is 6.02. The van der Waals surface area contributed by atoms with E-state index in [0.717, 1.165) is 25.1 Å². The maximum absolute atomic E-state index is 5.66. The second-order valence-electron chi connectivity index (χ2n) is 3.31. The van der Waals surface area contributed by atoms with Crippen LogP contribution in [0.15, 0.2) is 17.0 Å². The quantitative estimate of drug-likeness (QED) is 0.755. The van der Waals surface area contributed by atoms with Crippen molar-refractivity contribution in [3.63, 3.8) is 0 Å². The molecule has 0 saturated carbocycles. The molecular formula is C9H14N2O2. The highest BCUT2D eigenvalue weighted by atomic mass is 16.5. The van der Waals surface area contributed by atoms with Gasteiger partial charge in [-0.25, -0.2) is 0 Å². The van der Waals surface area contributed by atoms with Crippen molar-refractivity contribution in [3.05, 3.63) is 18.0 Å². The van der Waals surface area contributed by atoms with Crippen LogP contribution >= 0.6 is 0 Å². The summed E-state index contributed by atoms with van der Waals surface area (Å²) in [4.78, 5) is 0. The van der Waals surface area contributed by atoms with Gasteiger partial charge in [0.2, 0.25) is 0 Å². The van der Waals surface area contributed by atoms with E-state index in [2.05, 4.69) is 10.5 Å². The van der Waals surface area contributed by atoms with Gasteiger partial charge in [0.1, 0.15) is 6.26 Å². The lowest BCUT2D eigenvalue weighted by Crippen LogP contribution is -2.35. The maximum atomic E-state index is 5.66. The van der Waals surface area contributed by atoms with Gasteiger partial charge < -0.3 is 14.6 Å². The maximum Gasteiger partial charge on any atom is 0.129 e. The minimum Gasteiger partial charge on any atom is -0.372 e. The average Bonchev–Trinajstić information content (AvgIpc) is 2.69. The largest absolute Gasteiger partial charge is 0.372 e. The molecule has 0 amide bonds. The highest BCUT2D eigenvalue weighted by Gasteiger charge is 2.13. The molecule has 4 nitrogen and oxygen atoms in total. The van der Waals surface area contributed by atoms with E-state index < -0.39 is 0 Å². The molecule has 4 heteroatoms. The van der Waals surface area contributed by atoms with Crippen molar-refractivity contribution in [1.29, 1.82) is 0 Å². The normalized spacial score (nSPS) is 23.2. The van der Waals surface area contributed by atoms with Crippen LogP contribution in [0.25, 0.3) is 0 Å². The molecule has 1 saturated heterocycles. The minimum absolute atomic E-state index is 0.351. The Hall–Kier alpha value is -0.870. The second kappa shape index (κ2) is 4.39. The summed E-state index contributed by atoms with van der Waals surface area (Å²) < 4.78 is 10.4. The molecule has 0 bridgehead atoms. The zero-order chi connectivity index (χ0) is 8.93. The predicted octanol–water partition coefficient (Wildman–Crippen LogP) is 0.943. The van der Waals surface area contributed by atoms with Crippen LogP contribution in [0.1, 0.15) is 18.4 Å². The number of nitrogens with zero attached hydrogens (tertiary/aromatic N) is 1. The van der Waals surface area contributed by atoms with Gasteiger partial charge in [0, 0.05) is 12.1 Å². The summed E-state index contributed by atoms with van der Waals surface area (Å²) >= 11 is 0. The molecule has 72 valence electrons. The third-order valence-electron chi connectivity index (χ3n) is 2.22. The molecule has 1 unspecified atom stereocenters. The molecule has 0 aliphatic carbocycles. The van der Waals surface area contributed by atoms with Gasteiger partial charge in [-0.3, -0.25) is 0 Å². The first kappa shape index (κ1) is 8.72. The molecule has 1 atom stereocenters. The first-order valence-electron chi connectivity index (χ1n) is 4.66. The Morgan fingerprint density at radius 3 is 3.38 bits per heavy atom. The van der Waals surface area contributed by atoms with Gasteiger partial charge >= 0.3 is 0 Å². The SMILES string of the molecule is c1nocc1COC1CCCNC1. The molecule has 1 aliphatic rings. The third-order valence-corrected chi connectivity index (χ3v) is 2.22. The predicted molar refractivity (Wildman–Crippen MR) is 47.2 cm³/mol. The molecule has 1 fully saturated rings. The van der Waals surface area contributed by atoms with Crippen LogP contribution in [0.3, 0.4) is 0 Å². The smallest absolute Gasteiger partial charge is 0.129 e. The van der Waals surface area contributed by atoms with Crippen molar-refractivity contribution in [1.82, 2.24) is 10.5 Å². The second-order valence-corrected chi connectivity index (χ2v) is 3.31. The van der Waals surface area contributed by atoms with Gasteiger partial charge in [-0.1, -0.05) is 5.16 Å². The van der Waals surface area contributed by atoms with Gasteiger partial charge in [-0.15, -0.1) is 0 Å². The molecule has 1 N–H and O–H groups in total. The van der Waals surface area contributed by atoms with Gasteiger partial charge in [-0.05, 0) is 19.4 Å². The first-order valence-corrected chi connectivity index (χ1v) is 4.66. The summed E-state index contributed by atoms with van der Waals surface area (Å²) in [7, 11) is 0. The Morgan fingerprint density at radius 1 is 1.69 bits per heavy atom. The van der Waals surface area contributed by atoms with E-state index in [1.165, 1.54) is 6.42 Å². The third kappa shape index (κ3) is 2.54. The molecule has 0 spiro atoms. The van der Waals surface area contributed by atoms with E-state index >= 15 is 0 Å². The highest BCUT2D eigenvalue weighted by molar-refractivity contribution is 4.97. The minimum atomic E-state index is 0.351. The van der Waals surface area contributed by atoms with Crippen molar-refractivity contribution in [2.45, 2.75) is 25.6 Å². The summed E-state index contributed by atoms with van der Waals surface area (Å²) in [5, 5.41) is 6.92. The molecule has 1 aromatic rings. The van der Waals surface area contributed by atoms with Crippen LogP contribution in [-0.4, -0.2) is 24.4 Å². The van der Waals surface area contributed by atoms with Crippen molar-refractivity contribution < 1.29 is 9.26 Å². The lowest BCUT2D eigenvalue weighted by Gasteiger charge is -2.22. The van der Waals surface area contributed by atoms with E-state index in [-0.39, 0.29) is 0 Å². The number of aromatic nitrogens is 1. The van der Waals surface area contributed by atoms with E-state index in [4.69, 9.17) is 9.26 Å². The standard InChI is InChI=1S/C9H14N2O2/c1-2-9(5-10-3-1)12-6-8-4-11-13-7-8/h4,7,9-10H,1-3,5-6H2. The fourth-order valence-electron chi connectivity index (χ4n) is 1.47. The van der Waals surface area contributed by atoms with Crippen LogP contribution in [0.4, 0.5) is 0 Å². The van der Waals surface area contributed by atoms with E-state index in [0.29, 0.717) is 12.7 Å². The number of piperidine rings is 1. The molecule has 2 heterocycles. The monoisotopic (exact) mass is 182 g/mol. The number of rotatable bonds is 3. The van der Waals surface area contributed by atoms with Gasteiger partial charge in [-0.2, -0.15) is 0 Å². The van der Waals surface area contributed by atoms with Crippen molar-refractivity contribution in [3.8, 4) is 0 Å². The van der Waals surface area contributed by atoms with Gasteiger partial charge in [0.15, 0.2) is 0 Å². The highest BCUT2D eigenvalue weighted by Crippen LogP contribution is 2.09. The number of hydrogen-bond donors (Lipinski definition) is 1. The summed E-state index contributed by atoms with van der Waals surface area (Å²) in [6, 6.07) is 0. The van der Waals surface area contributed by atoms with Crippen LogP contribution in [0.5, 0.6) is 0 Å². The van der Waals surface area contributed by atoms with Crippen LogP contribution < -0.4 is 5.32 Å². The summed E-state index contributed by atoms with van der Waals surface area (Å²) in [5.41, 5.74) is 1.01. The zero-order valence-electron chi connectivity index (χ0n) is 7.53. The number of ether oxygens (including phenoxy) is 1. The topological polar surface area (TPSA) is 47.3 Å². The summed E-state index contributed by atoms with van der Waals surface area (Å²) in [6.45, 7) is 2.69. The van der Waals surface area contributed by atoms with E-state index in [9.17, 15) is 0 Å². The van der Waals surface area contributed by atoms with Crippen molar-refractivity contribution >= 4 is 0 Å². The number of hydrogen-bond acceptors (Lipinski definition) is 4. The van der Waals surface area contributed by atoms with Crippen LogP contribution in [0.2, 0.25) is 0 Å². The molecule has 1 aromatic heterocycles. The Morgan fingerprint density at radius 2 is 2.69 bits per heavy atom. The molecule has 13 heavy (non-hydrogen) atoms. The Labute approximate surface area is 77.2 Å². The zero-order valence-corrected chi connectivity index (χ0v) is 7.53. The average molecular weight is 182 g/mol. The Kier molecular flexibility index (Phi) is 2.94. The van der Waals surface area contributed by atoms with Crippen LogP contribution in [0, 0.1) is 0 Å². The lowest BCUT2D eigenvalue weighted by molar-refractivity contribution is 0.0251. The molecule has 1 aliphatic heterocycles. The summed E-state index contributed by atoms with van der Waals surface area (Å²) in [5.74, 6) is 0. The van der Waals surface area contributed by atoms with Crippen LogP contribution in [-0.2, 0) is 11.3 Å². The molecular weight excluding hydrogens is 168 g/mol. The van der Waals surface area contributed by atoms with Crippen molar-refractivity contribution in [2.75, 3.05) is 13.1 Å². The van der Waals surface area contributed by atoms with E-state index in [1.54, 1.807) is 12.5 Å². The fourth-order valence-corrected chi connectivity index (χ4v) is 1.47. The Balaban J connectivity index is 1.72. The fraction of sp³-hybridized carbons (Fsp3) is 0.667. The Bertz CT molecular complexity index is 230. The van der Waals surface area contributed by atoms with E-state index in [1.807, 2.05) is 0 Å². The lowest BCUT2D eigenvalue weighted by atomic mass is 10.1. The van der Waals surface area contributed by atoms with Gasteiger partial charge in [0.05, 0.1) is 18.9 Å². The van der Waals surface area contributed by atoms with Gasteiger partial charge in [0.25, 0.3) is 0 Å². The number of nitrogens with one attached hydrogen (secondary N) is 1. The van der Waals surface area contributed by atoms with Crippen molar-refractivity contribution in [2.24, 2.45) is 0 Å². The first-order chi connectivity index (χ1) is 6.45. The molecule has 0 aromatic carbocycles.